The van der Waals surface area contributed by atoms with Crippen LogP contribution in [0.3, 0.4) is 0 Å². The largest absolute Gasteiger partial charge is 0.374 e. The minimum absolute atomic E-state index is 0.0640. The summed E-state index contributed by atoms with van der Waals surface area (Å²) in [4.78, 5) is 13.2. The normalized spacial score (nSPS) is 11.9. The van der Waals surface area contributed by atoms with Crippen molar-refractivity contribution in [1.29, 1.82) is 0 Å². The molecule has 0 bridgehead atoms. The van der Waals surface area contributed by atoms with Gasteiger partial charge in [-0.25, -0.2) is 4.39 Å². The summed E-state index contributed by atoms with van der Waals surface area (Å²) in [5.41, 5.74) is 0.729. The highest BCUT2D eigenvalue weighted by molar-refractivity contribution is 7.09. The molecule has 2 rings (SSSR count). The van der Waals surface area contributed by atoms with Crippen molar-refractivity contribution in [3.63, 3.8) is 0 Å². The fourth-order valence-corrected chi connectivity index (χ4v) is 2.49. The van der Waals surface area contributed by atoms with E-state index < -0.39 is 0 Å². The van der Waals surface area contributed by atoms with Crippen LogP contribution in [-0.4, -0.2) is 18.5 Å². The van der Waals surface area contributed by atoms with Crippen molar-refractivity contribution in [2.75, 3.05) is 11.9 Å². The third kappa shape index (κ3) is 4.35. The Morgan fingerprint density at radius 2 is 2.05 bits per heavy atom. The SMILES string of the molecule is CC(Nc1ccc(F)cc1)C(=O)NCCc1cccs1. The summed E-state index contributed by atoms with van der Waals surface area (Å²) < 4.78 is 12.8. The lowest BCUT2D eigenvalue weighted by atomic mass is 10.2. The van der Waals surface area contributed by atoms with Crippen molar-refractivity contribution in [1.82, 2.24) is 5.32 Å². The lowest BCUT2D eigenvalue weighted by Gasteiger charge is -2.15. The minimum Gasteiger partial charge on any atom is -0.374 e. The zero-order chi connectivity index (χ0) is 14.4. The second-order valence-corrected chi connectivity index (χ2v) is 5.53. The fourth-order valence-electron chi connectivity index (χ4n) is 1.78. The lowest BCUT2D eigenvalue weighted by molar-refractivity contribution is -0.121. The van der Waals surface area contributed by atoms with E-state index in [1.807, 2.05) is 11.4 Å². The van der Waals surface area contributed by atoms with Gasteiger partial charge in [-0.1, -0.05) is 6.07 Å². The molecule has 0 fully saturated rings. The van der Waals surface area contributed by atoms with Crippen LogP contribution in [0.15, 0.2) is 41.8 Å². The maximum atomic E-state index is 12.8. The van der Waals surface area contributed by atoms with E-state index >= 15 is 0 Å². The number of carbonyl (C=O) groups excluding carboxylic acids is 1. The molecule has 0 spiro atoms. The van der Waals surface area contributed by atoms with Crippen LogP contribution in [0.5, 0.6) is 0 Å². The lowest BCUT2D eigenvalue weighted by Crippen LogP contribution is -2.38. The first-order valence-corrected chi connectivity index (χ1v) is 7.35. The molecule has 1 amide bonds. The van der Waals surface area contributed by atoms with Gasteiger partial charge in [-0.3, -0.25) is 4.79 Å². The van der Waals surface area contributed by atoms with Gasteiger partial charge in [0, 0.05) is 17.1 Å². The second-order valence-electron chi connectivity index (χ2n) is 4.49. The van der Waals surface area contributed by atoms with E-state index in [2.05, 4.69) is 16.7 Å². The summed E-state index contributed by atoms with van der Waals surface area (Å²) >= 11 is 1.68. The number of halogens is 1. The van der Waals surface area contributed by atoms with Crippen LogP contribution in [0.2, 0.25) is 0 Å². The maximum absolute atomic E-state index is 12.8. The summed E-state index contributed by atoms with van der Waals surface area (Å²) in [6.07, 6.45) is 0.840. The molecule has 2 aromatic rings. The first kappa shape index (κ1) is 14.5. The van der Waals surface area contributed by atoms with Crippen LogP contribution in [0.1, 0.15) is 11.8 Å². The van der Waals surface area contributed by atoms with E-state index in [0.29, 0.717) is 6.54 Å². The van der Waals surface area contributed by atoms with E-state index in [1.54, 1.807) is 30.4 Å². The van der Waals surface area contributed by atoms with Crippen molar-refractivity contribution in [2.45, 2.75) is 19.4 Å². The molecule has 0 saturated carbocycles. The van der Waals surface area contributed by atoms with Crippen LogP contribution >= 0.6 is 11.3 Å². The number of thiophene rings is 1. The van der Waals surface area contributed by atoms with Crippen molar-refractivity contribution in [3.8, 4) is 0 Å². The van der Waals surface area contributed by atoms with E-state index in [9.17, 15) is 9.18 Å². The van der Waals surface area contributed by atoms with Gasteiger partial charge in [0.25, 0.3) is 0 Å². The molecule has 0 aliphatic heterocycles. The quantitative estimate of drug-likeness (QED) is 0.859. The molecule has 20 heavy (non-hydrogen) atoms. The number of hydrogen-bond acceptors (Lipinski definition) is 3. The highest BCUT2D eigenvalue weighted by atomic mass is 32.1. The summed E-state index contributed by atoms with van der Waals surface area (Å²) in [5.74, 6) is -0.352. The molecule has 1 heterocycles. The third-order valence-corrected chi connectivity index (χ3v) is 3.81. The summed E-state index contributed by atoms with van der Waals surface area (Å²) in [7, 11) is 0. The van der Waals surface area contributed by atoms with Crippen LogP contribution in [0, 0.1) is 5.82 Å². The zero-order valence-electron chi connectivity index (χ0n) is 11.2. The van der Waals surface area contributed by atoms with Crippen molar-refractivity contribution >= 4 is 22.9 Å². The predicted molar refractivity (Wildman–Crippen MR) is 80.5 cm³/mol. The molecule has 3 nitrogen and oxygen atoms in total. The van der Waals surface area contributed by atoms with Crippen LogP contribution in [0.4, 0.5) is 10.1 Å². The zero-order valence-corrected chi connectivity index (χ0v) is 12.0. The summed E-state index contributed by atoms with van der Waals surface area (Å²) in [5, 5.41) is 7.94. The number of amides is 1. The number of carbonyl (C=O) groups is 1. The molecule has 1 unspecified atom stereocenters. The molecule has 0 saturated heterocycles. The van der Waals surface area contributed by atoms with Crippen LogP contribution in [0.25, 0.3) is 0 Å². The molecule has 1 aromatic carbocycles. The Kier molecular flexibility index (Phi) is 5.12. The molecule has 5 heteroatoms. The van der Waals surface area contributed by atoms with Gasteiger partial charge in [0.15, 0.2) is 0 Å². The Bertz CT molecular complexity index is 540. The van der Waals surface area contributed by atoms with Crippen LogP contribution < -0.4 is 10.6 Å². The summed E-state index contributed by atoms with van der Waals surface area (Å²) in [6.45, 7) is 2.40. The van der Waals surface area contributed by atoms with Gasteiger partial charge in [0.1, 0.15) is 11.9 Å². The average molecular weight is 292 g/mol. The van der Waals surface area contributed by atoms with Crippen LogP contribution in [-0.2, 0) is 11.2 Å². The van der Waals surface area contributed by atoms with E-state index in [0.717, 1.165) is 12.1 Å². The van der Waals surface area contributed by atoms with Gasteiger partial charge in [0.05, 0.1) is 0 Å². The molecule has 2 N–H and O–H groups in total. The van der Waals surface area contributed by atoms with Gasteiger partial charge in [-0.05, 0) is 49.1 Å². The molecule has 0 aliphatic rings. The molecule has 106 valence electrons. The molecule has 1 aromatic heterocycles. The van der Waals surface area contributed by atoms with E-state index in [-0.39, 0.29) is 17.8 Å². The topological polar surface area (TPSA) is 41.1 Å². The molecular formula is C15H17FN2OS. The number of benzene rings is 1. The first-order valence-electron chi connectivity index (χ1n) is 6.47. The Morgan fingerprint density at radius 3 is 2.70 bits per heavy atom. The Hall–Kier alpha value is -1.88. The average Bonchev–Trinajstić information content (AvgIpc) is 2.94. The van der Waals surface area contributed by atoms with Crippen molar-refractivity contribution < 1.29 is 9.18 Å². The minimum atomic E-state index is -0.358. The molecule has 0 aliphatic carbocycles. The van der Waals surface area contributed by atoms with Gasteiger partial charge < -0.3 is 10.6 Å². The van der Waals surface area contributed by atoms with Gasteiger partial charge in [-0.15, -0.1) is 11.3 Å². The van der Waals surface area contributed by atoms with E-state index in [1.165, 1.54) is 17.0 Å². The Balaban J connectivity index is 1.75. The number of anilines is 1. The number of nitrogens with one attached hydrogen (secondary N) is 2. The second kappa shape index (κ2) is 7.05. The van der Waals surface area contributed by atoms with Gasteiger partial charge in [-0.2, -0.15) is 0 Å². The number of rotatable bonds is 6. The molecular weight excluding hydrogens is 275 g/mol. The fraction of sp³-hybridized carbons (Fsp3) is 0.267. The number of hydrogen-bond donors (Lipinski definition) is 2. The van der Waals surface area contributed by atoms with E-state index in [4.69, 9.17) is 0 Å². The highest BCUT2D eigenvalue weighted by Gasteiger charge is 2.11. The first-order chi connectivity index (χ1) is 9.65. The van der Waals surface area contributed by atoms with Gasteiger partial charge >= 0.3 is 0 Å². The smallest absolute Gasteiger partial charge is 0.242 e. The highest BCUT2D eigenvalue weighted by Crippen LogP contribution is 2.10. The standard InChI is InChI=1S/C15H17FN2OS/c1-11(18-13-6-4-12(16)5-7-13)15(19)17-9-8-14-3-2-10-20-14/h2-7,10-11,18H,8-9H2,1H3,(H,17,19). The Morgan fingerprint density at radius 1 is 1.30 bits per heavy atom. The Labute approximate surface area is 121 Å². The summed E-state index contributed by atoms with van der Waals surface area (Å²) in [6, 6.07) is 9.66. The molecule has 1 atom stereocenters. The van der Waals surface area contributed by atoms with Crippen molar-refractivity contribution in [2.24, 2.45) is 0 Å². The molecule has 0 radical (unpaired) electrons. The maximum Gasteiger partial charge on any atom is 0.242 e. The predicted octanol–water partition coefficient (Wildman–Crippen LogP) is 3.05. The van der Waals surface area contributed by atoms with Gasteiger partial charge in [0.2, 0.25) is 5.91 Å². The van der Waals surface area contributed by atoms with Crippen molar-refractivity contribution in [3.05, 3.63) is 52.5 Å². The third-order valence-electron chi connectivity index (χ3n) is 2.87. The monoisotopic (exact) mass is 292 g/mol.